The lowest BCUT2D eigenvalue weighted by molar-refractivity contribution is -0.826. The molecule has 28 heavy (non-hydrogen) atoms. The molecule has 6 unspecified atom stereocenters. The first kappa shape index (κ1) is 19.9. The minimum Gasteiger partial charge on any atom is -0.545 e. The van der Waals surface area contributed by atoms with E-state index in [9.17, 15) is 9.90 Å². The molecule has 156 valence electrons. The molecule has 6 nitrogen and oxygen atoms in total. The number of hydrogen-bond acceptors (Lipinski definition) is 4. The van der Waals surface area contributed by atoms with Gasteiger partial charge in [0.15, 0.2) is 0 Å². The van der Waals surface area contributed by atoms with Crippen molar-refractivity contribution >= 4 is 11.9 Å². The molecule has 2 bridgehead atoms. The Kier molecular flexibility index (Phi) is 5.07. The van der Waals surface area contributed by atoms with Crippen LogP contribution in [0.2, 0.25) is 0 Å². The standard InChI is InChI=1S/C22H35N3O3/c1-4-28-12-15-11-22-14(2)6-7-16(10-17(22)18(15)19(26)27)21(22)8-5-9-25(13-21)20(23)24-3/h14-16H,4-13H2,1-3H3,(H2,23,24)(H,26,27). The number of rotatable bonds is 4. The Morgan fingerprint density at radius 1 is 1.43 bits per heavy atom. The highest BCUT2D eigenvalue weighted by molar-refractivity contribution is 5.88. The van der Waals surface area contributed by atoms with Gasteiger partial charge < -0.3 is 20.4 Å². The quantitative estimate of drug-likeness (QED) is 0.528. The summed E-state index contributed by atoms with van der Waals surface area (Å²) < 4.78 is 5.72. The van der Waals surface area contributed by atoms with Crippen LogP contribution in [0.25, 0.3) is 0 Å². The van der Waals surface area contributed by atoms with E-state index in [2.05, 4.69) is 11.9 Å². The number of carboxylic acid groups (broad SMARTS) is 1. The molecule has 0 aromatic carbocycles. The molecule has 0 amide bonds. The molecular formula is C22H35N3O3. The van der Waals surface area contributed by atoms with E-state index in [1.165, 1.54) is 29.7 Å². The number of ether oxygens (including phenoxy) is 1. The number of nitrogens with two attached hydrogens (primary N) is 1. The molecule has 0 aromatic heterocycles. The molecule has 2 spiro atoms. The molecule has 4 rings (SSSR count). The van der Waals surface area contributed by atoms with Gasteiger partial charge in [0.1, 0.15) is 0 Å². The van der Waals surface area contributed by atoms with E-state index in [1.54, 1.807) is 7.05 Å². The highest BCUT2D eigenvalue weighted by Crippen LogP contribution is 2.74. The van der Waals surface area contributed by atoms with Gasteiger partial charge in [0.25, 0.3) is 5.96 Å². The first-order chi connectivity index (χ1) is 13.4. The number of carbonyl (C=O) groups excluding carboxylic acids is 1. The number of aliphatic imine (C=N–C) groups is 1. The molecule has 3 fully saturated rings. The Labute approximate surface area is 168 Å². The molecule has 1 heterocycles. The van der Waals surface area contributed by atoms with Crippen molar-refractivity contribution in [3.63, 3.8) is 0 Å². The number of carbonyl (C=O) groups is 1. The molecule has 1 aliphatic heterocycles. The molecule has 3 N–H and O–H groups in total. The summed E-state index contributed by atoms with van der Waals surface area (Å²) in [7, 11) is 1.77. The van der Waals surface area contributed by atoms with Gasteiger partial charge in [0.2, 0.25) is 0 Å². The van der Waals surface area contributed by atoms with Crippen LogP contribution in [0.15, 0.2) is 16.1 Å². The van der Waals surface area contributed by atoms with Gasteiger partial charge in [-0.15, -0.1) is 0 Å². The molecule has 4 aliphatic rings. The average Bonchev–Trinajstić information content (AvgIpc) is 3.08. The third kappa shape index (κ3) is 2.53. The molecule has 1 saturated heterocycles. The van der Waals surface area contributed by atoms with Crippen molar-refractivity contribution in [2.24, 2.45) is 39.3 Å². The van der Waals surface area contributed by atoms with Crippen molar-refractivity contribution in [3.8, 4) is 0 Å². The summed E-state index contributed by atoms with van der Waals surface area (Å²) in [6.45, 7) is 7.44. The van der Waals surface area contributed by atoms with Crippen LogP contribution in [0.5, 0.6) is 0 Å². The molecule has 0 radical (unpaired) electrons. The third-order valence-corrected chi connectivity index (χ3v) is 8.73. The van der Waals surface area contributed by atoms with Crippen molar-refractivity contribution in [1.29, 1.82) is 0 Å². The Morgan fingerprint density at radius 2 is 2.21 bits per heavy atom. The summed E-state index contributed by atoms with van der Waals surface area (Å²) in [6.07, 6.45) is 6.50. The fourth-order valence-corrected chi connectivity index (χ4v) is 7.74. The first-order valence-corrected chi connectivity index (χ1v) is 11.0. The summed E-state index contributed by atoms with van der Waals surface area (Å²) in [5, 5.41) is 12.2. The van der Waals surface area contributed by atoms with Crippen molar-refractivity contribution in [2.45, 2.75) is 52.4 Å². The number of nitrogens with one attached hydrogen (secondary N) is 1. The van der Waals surface area contributed by atoms with E-state index in [0.717, 1.165) is 32.4 Å². The number of nitrogens with zero attached hydrogens (tertiary/aromatic N) is 1. The van der Waals surface area contributed by atoms with E-state index in [-0.39, 0.29) is 16.7 Å². The minimum atomic E-state index is -0.971. The van der Waals surface area contributed by atoms with Crippen LogP contribution >= 0.6 is 0 Å². The molecule has 3 aliphatic carbocycles. The summed E-state index contributed by atoms with van der Waals surface area (Å²) in [5.74, 6) is 0.729. The number of hydrogen-bond donors (Lipinski definition) is 2. The lowest BCUT2D eigenvalue weighted by Gasteiger charge is -2.57. The lowest BCUT2D eigenvalue weighted by Crippen LogP contribution is -3.18. The van der Waals surface area contributed by atoms with Crippen molar-refractivity contribution < 1.29 is 19.5 Å². The second-order valence-corrected chi connectivity index (χ2v) is 9.49. The number of likely N-dealkylation sites (tertiary alicyclic amines) is 1. The third-order valence-electron chi connectivity index (χ3n) is 8.73. The van der Waals surface area contributed by atoms with E-state index in [1.807, 2.05) is 6.92 Å². The zero-order chi connectivity index (χ0) is 20.1. The van der Waals surface area contributed by atoms with Crippen molar-refractivity contribution in [2.75, 3.05) is 33.4 Å². The number of quaternary nitrogens is 1. The Morgan fingerprint density at radius 3 is 2.89 bits per heavy atom. The highest BCUT2D eigenvalue weighted by Gasteiger charge is 2.71. The molecular weight excluding hydrogens is 354 g/mol. The fraction of sp³-hybridized carbons (Fsp3) is 0.818. The van der Waals surface area contributed by atoms with Gasteiger partial charge in [-0.3, -0.25) is 4.90 Å². The number of carboxylic acids is 1. The normalized spacial score (nSPS) is 42.9. The predicted molar refractivity (Wildman–Crippen MR) is 105 cm³/mol. The maximum Gasteiger partial charge on any atom is 0.293 e. The Bertz CT molecular complexity index is 718. The van der Waals surface area contributed by atoms with Crippen LogP contribution in [0.4, 0.5) is 0 Å². The number of allylic oxidation sites excluding steroid dienone is 1. The van der Waals surface area contributed by atoms with Gasteiger partial charge >= 0.3 is 0 Å². The lowest BCUT2D eigenvalue weighted by atomic mass is 9.48. The number of aliphatic carboxylic acids is 1. The largest absolute Gasteiger partial charge is 0.545 e. The zero-order valence-corrected chi connectivity index (χ0v) is 17.6. The fourth-order valence-electron chi connectivity index (χ4n) is 7.74. The summed E-state index contributed by atoms with van der Waals surface area (Å²) in [6, 6.07) is 0. The van der Waals surface area contributed by atoms with Crippen LogP contribution in [-0.2, 0) is 9.53 Å². The monoisotopic (exact) mass is 389 g/mol. The number of piperidine rings is 1. The SMILES string of the molecule is CCOCC1CC23C(=C1C(=O)[O-])CC(CCC2C)C31CCC[NH+](C(N)=NC)C1. The Hall–Kier alpha value is -1.40. The molecule has 6 heteroatoms. The van der Waals surface area contributed by atoms with Gasteiger partial charge in [0.05, 0.1) is 25.7 Å². The van der Waals surface area contributed by atoms with Crippen molar-refractivity contribution in [1.82, 2.24) is 0 Å². The van der Waals surface area contributed by atoms with Gasteiger partial charge in [-0.25, -0.2) is 4.99 Å². The second kappa shape index (κ2) is 7.13. The van der Waals surface area contributed by atoms with Gasteiger partial charge in [-0.2, -0.15) is 0 Å². The maximum atomic E-state index is 12.2. The molecule has 0 aromatic rings. The molecule has 2 saturated carbocycles. The van der Waals surface area contributed by atoms with E-state index in [4.69, 9.17) is 10.5 Å². The summed E-state index contributed by atoms with van der Waals surface area (Å²) >= 11 is 0. The van der Waals surface area contributed by atoms with Crippen LogP contribution in [0.1, 0.15) is 52.4 Å². The summed E-state index contributed by atoms with van der Waals surface area (Å²) in [4.78, 5) is 17.8. The number of guanidine groups is 1. The van der Waals surface area contributed by atoms with Crippen LogP contribution < -0.4 is 15.7 Å². The van der Waals surface area contributed by atoms with E-state index in [0.29, 0.717) is 36.6 Å². The second-order valence-electron chi connectivity index (χ2n) is 9.49. The maximum absolute atomic E-state index is 12.2. The van der Waals surface area contributed by atoms with E-state index < -0.39 is 5.97 Å². The van der Waals surface area contributed by atoms with Crippen LogP contribution in [0, 0.1) is 28.6 Å². The summed E-state index contributed by atoms with van der Waals surface area (Å²) in [5.41, 5.74) is 8.14. The predicted octanol–water partition coefficient (Wildman–Crippen LogP) is 0.135. The van der Waals surface area contributed by atoms with Crippen molar-refractivity contribution in [3.05, 3.63) is 11.1 Å². The molecule has 6 atom stereocenters. The van der Waals surface area contributed by atoms with Gasteiger partial charge in [-0.05, 0) is 62.9 Å². The average molecular weight is 390 g/mol. The first-order valence-electron chi connectivity index (χ1n) is 11.0. The Balaban J connectivity index is 1.81. The zero-order valence-electron chi connectivity index (χ0n) is 17.6. The van der Waals surface area contributed by atoms with Gasteiger partial charge in [-0.1, -0.05) is 12.5 Å². The van der Waals surface area contributed by atoms with Crippen LogP contribution in [0.3, 0.4) is 0 Å². The van der Waals surface area contributed by atoms with Gasteiger partial charge in [0, 0.05) is 30.4 Å². The topological polar surface area (TPSA) is 92.2 Å². The highest BCUT2D eigenvalue weighted by atomic mass is 16.5. The van der Waals surface area contributed by atoms with Crippen LogP contribution in [-0.4, -0.2) is 45.3 Å². The smallest absolute Gasteiger partial charge is 0.293 e. The minimum absolute atomic E-state index is 0.0349. The van der Waals surface area contributed by atoms with E-state index >= 15 is 0 Å².